The summed E-state index contributed by atoms with van der Waals surface area (Å²) in [6.45, 7) is 2.06. The monoisotopic (exact) mass is 290 g/mol. The fourth-order valence-electron chi connectivity index (χ4n) is 1.40. The van der Waals surface area contributed by atoms with Crippen LogP contribution in [0.4, 0.5) is 0 Å². The highest BCUT2D eigenvalue weighted by molar-refractivity contribution is 9.11. The lowest BCUT2D eigenvalue weighted by molar-refractivity contribution is -0.128. The highest BCUT2D eigenvalue weighted by Crippen LogP contribution is 2.23. The summed E-state index contributed by atoms with van der Waals surface area (Å²) < 4.78 is 6.24. The van der Waals surface area contributed by atoms with E-state index >= 15 is 0 Å². The van der Waals surface area contributed by atoms with Gasteiger partial charge in [0.25, 0.3) is 0 Å². The molecule has 1 heterocycles. The second kappa shape index (κ2) is 6.40. The zero-order valence-electron chi connectivity index (χ0n) is 8.96. The lowest BCUT2D eigenvalue weighted by Crippen LogP contribution is -2.24. The molecule has 1 unspecified atom stereocenters. The summed E-state index contributed by atoms with van der Waals surface area (Å²) in [4.78, 5) is 12.9. The molecule has 0 amide bonds. The Balaban J connectivity index is 2.53. The van der Waals surface area contributed by atoms with Gasteiger partial charge in [0.15, 0.2) is 5.78 Å². The Morgan fingerprint density at radius 1 is 1.60 bits per heavy atom. The number of ether oxygens (including phenoxy) is 1. The largest absolute Gasteiger partial charge is 0.374 e. The second-order valence-corrected chi connectivity index (χ2v) is 5.91. The smallest absolute Gasteiger partial charge is 0.166 e. The Bertz CT molecular complexity index is 322. The lowest BCUT2D eigenvalue weighted by atomic mass is 10.1. The van der Waals surface area contributed by atoms with E-state index in [1.54, 1.807) is 18.4 Å². The molecule has 0 saturated carbocycles. The van der Waals surface area contributed by atoms with Crippen LogP contribution in [0.5, 0.6) is 0 Å². The minimum Gasteiger partial charge on any atom is -0.374 e. The molecule has 0 aromatic carbocycles. The summed E-state index contributed by atoms with van der Waals surface area (Å²) in [5.74, 6) is 0.175. The van der Waals surface area contributed by atoms with Crippen LogP contribution in [0.1, 0.15) is 24.6 Å². The first-order valence-electron chi connectivity index (χ1n) is 4.97. The van der Waals surface area contributed by atoms with Gasteiger partial charge in [-0.2, -0.15) is 0 Å². The third-order valence-electron chi connectivity index (χ3n) is 2.17. The molecule has 4 heteroatoms. The van der Waals surface area contributed by atoms with Gasteiger partial charge in [-0.05, 0) is 34.5 Å². The molecule has 0 spiro atoms. The molecule has 1 aromatic heterocycles. The van der Waals surface area contributed by atoms with E-state index < -0.39 is 0 Å². The molecule has 1 rings (SSSR count). The van der Waals surface area contributed by atoms with Crippen LogP contribution >= 0.6 is 27.3 Å². The van der Waals surface area contributed by atoms with E-state index in [9.17, 15) is 4.79 Å². The predicted octanol–water partition coefficient (Wildman–Crippen LogP) is 3.44. The molecular formula is C11H15BrO2S. The molecule has 0 aliphatic rings. The standard InChI is InChI=1S/C11H15BrO2S/c1-3-4-10(14-2)9(13)7-8-5-6-11(12)15-8/h5-6,10H,3-4,7H2,1-2H3. The summed E-state index contributed by atoms with van der Waals surface area (Å²) in [6.07, 6.45) is 2.02. The van der Waals surface area contributed by atoms with Gasteiger partial charge in [0.1, 0.15) is 6.10 Å². The average Bonchev–Trinajstić information content (AvgIpc) is 2.60. The van der Waals surface area contributed by atoms with Crippen LogP contribution in [0.15, 0.2) is 15.9 Å². The van der Waals surface area contributed by atoms with E-state index in [0.717, 1.165) is 21.5 Å². The maximum Gasteiger partial charge on any atom is 0.166 e. The van der Waals surface area contributed by atoms with Crippen molar-refractivity contribution in [2.24, 2.45) is 0 Å². The number of thiophene rings is 1. The maximum absolute atomic E-state index is 11.8. The van der Waals surface area contributed by atoms with E-state index in [2.05, 4.69) is 22.9 Å². The minimum atomic E-state index is -0.240. The van der Waals surface area contributed by atoms with Crippen LogP contribution in [-0.4, -0.2) is 19.0 Å². The summed E-state index contributed by atoms with van der Waals surface area (Å²) in [6, 6.07) is 3.94. The first-order chi connectivity index (χ1) is 7.17. The van der Waals surface area contributed by atoms with E-state index in [-0.39, 0.29) is 11.9 Å². The number of halogens is 1. The topological polar surface area (TPSA) is 26.3 Å². The fourth-order valence-corrected chi connectivity index (χ4v) is 2.90. The van der Waals surface area contributed by atoms with Crippen LogP contribution in [0.3, 0.4) is 0 Å². The number of methoxy groups -OCH3 is 1. The van der Waals surface area contributed by atoms with Crippen molar-refractivity contribution < 1.29 is 9.53 Å². The lowest BCUT2D eigenvalue weighted by Gasteiger charge is -2.11. The molecule has 0 bridgehead atoms. The molecule has 0 aliphatic carbocycles. The Hall–Kier alpha value is -0.190. The molecule has 1 aromatic rings. The molecule has 0 aliphatic heterocycles. The zero-order valence-corrected chi connectivity index (χ0v) is 11.4. The van der Waals surface area contributed by atoms with Crippen LogP contribution in [0.2, 0.25) is 0 Å². The minimum absolute atomic E-state index is 0.175. The van der Waals surface area contributed by atoms with E-state index in [1.165, 1.54) is 0 Å². The van der Waals surface area contributed by atoms with Crippen molar-refractivity contribution in [1.82, 2.24) is 0 Å². The van der Waals surface area contributed by atoms with Crippen LogP contribution < -0.4 is 0 Å². The molecule has 1 atom stereocenters. The summed E-state index contributed by atoms with van der Waals surface area (Å²) in [5.41, 5.74) is 0. The van der Waals surface area contributed by atoms with Gasteiger partial charge < -0.3 is 4.74 Å². The van der Waals surface area contributed by atoms with Gasteiger partial charge in [-0.15, -0.1) is 11.3 Å². The Morgan fingerprint density at radius 2 is 2.33 bits per heavy atom. The first-order valence-corrected chi connectivity index (χ1v) is 6.58. The van der Waals surface area contributed by atoms with Crippen LogP contribution in [0.25, 0.3) is 0 Å². The third-order valence-corrected chi connectivity index (χ3v) is 3.80. The molecule has 0 N–H and O–H groups in total. The summed E-state index contributed by atoms with van der Waals surface area (Å²) in [7, 11) is 1.60. The molecule has 0 fully saturated rings. The molecular weight excluding hydrogens is 276 g/mol. The van der Waals surface area contributed by atoms with Crippen molar-refractivity contribution in [3.8, 4) is 0 Å². The van der Waals surface area contributed by atoms with Gasteiger partial charge in [0.05, 0.1) is 3.79 Å². The van der Waals surface area contributed by atoms with Gasteiger partial charge in [-0.1, -0.05) is 13.3 Å². The van der Waals surface area contributed by atoms with Gasteiger partial charge >= 0.3 is 0 Å². The SMILES string of the molecule is CCCC(OC)C(=O)Cc1ccc(Br)s1. The van der Waals surface area contributed by atoms with Crippen molar-refractivity contribution in [3.05, 3.63) is 20.8 Å². The maximum atomic E-state index is 11.8. The van der Waals surface area contributed by atoms with Crippen LogP contribution in [0, 0.1) is 0 Å². The summed E-state index contributed by atoms with van der Waals surface area (Å²) >= 11 is 4.99. The molecule has 0 radical (unpaired) electrons. The van der Waals surface area contributed by atoms with E-state index in [1.807, 2.05) is 12.1 Å². The van der Waals surface area contributed by atoms with Crippen molar-refractivity contribution >= 4 is 33.0 Å². The van der Waals surface area contributed by atoms with Crippen molar-refractivity contribution in [2.75, 3.05) is 7.11 Å². The second-order valence-electron chi connectivity index (χ2n) is 3.36. The van der Waals surface area contributed by atoms with Gasteiger partial charge in [0, 0.05) is 18.4 Å². The number of Topliss-reactive ketones (excluding diaryl/α,β-unsaturated/α-hetero) is 1. The molecule has 84 valence electrons. The Labute approximate surface area is 103 Å². The number of hydrogen-bond acceptors (Lipinski definition) is 3. The average molecular weight is 291 g/mol. The Kier molecular flexibility index (Phi) is 5.50. The van der Waals surface area contributed by atoms with E-state index in [4.69, 9.17) is 4.74 Å². The number of ketones is 1. The quantitative estimate of drug-likeness (QED) is 0.802. The van der Waals surface area contributed by atoms with Crippen molar-refractivity contribution in [1.29, 1.82) is 0 Å². The van der Waals surface area contributed by atoms with Crippen LogP contribution in [-0.2, 0) is 16.0 Å². The highest BCUT2D eigenvalue weighted by atomic mass is 79.9. The Morgan fingerprint density at radius 3 is 2.80 bits per heavy atom. The van der Waals surface area contributed by atoms with Gasteiger partial charge in [-0.3, -0.25) is 4.79 Å². The van der Waals surface area contributed by atoms with Gasteiger partial charge in [-0.25, -0.2) is 0 Å². The fraction of sp³-hybridized carbons (Fsp3) is 0.545. The third kappa shape index (κ3) is 4.05. The van der Waals surface area contributed by atoms with Gasteiger partial charge in [0.2, 0.25) is 0 Å². The normalized spacial score (nSPS) is 12.7. The van der Waals surface area contributed by atoms with E-state index in [0.29, 0.717) is 6.42 Å². The molecule has 15 heavy (non-hydrogen) atoms. The summed E-state index contributed by atoms with van der Waals surface area (Å²) in [5, 5.41) is 0. The molecule has 2 nitrogen and oxygen atoms in total. The van der Waals surface area contributed by atoms with Crippen molar-refractivity contribution in [3.63, 3.8) is 0 Å². The van der Waals surface area contributed by atoms with Crippen molar-refractivity contribution in [2.45, 2.75) is 32.3 Å². The number of carbonyl (C=O) groups excluding carboxylic acids is 1. The molecule has 0 saturated heterocycles. The number of rotatable bonds is 6. The number of carbonyl (C=O) groups is 1. The number of hydrogen-bond donors (Lipinski definition) is 0. The highest BCUT2D eigenvalue weighted by Gasteiger charge is 2.17. The zero-order chi connectivity index (χ0) is 11.3. The predicted molar refractivity (Wildman–Crippen MR) is 66.4 cm³/mol. The first kappa shape index (κ1) is 12.9.